The van der Waals surface area contributed by atoms with E-state index in [0.29, 0.717) is 26.5 Å². The zero-order valence-electron chi connectivity index (χ0n) is 28.7. The molecule has 0 radical (unpaired) electrons. The second-order valence-electron chi connectivity index (χ2n) is 11.7. The summed E-state index contributed by atoms with van der Waals surface area (Å²) in [5.41, 5.74) is 2.83. The van der Waals surface area contributed by atoms with Gasteiger partial charge in [0.15, 0.2) is 34.7 Å². The lowest BCUT2D eigenvalue weighted by Gasteiger charge is -2.24. The number of rotatable bonds is 5. The minimum absolute atomic E-state index is 0.146. The van der Waals surface area contributed by atoms with E-state index in [4.69, 9.17) is 33.6 Å². The topological polar surface area (TPSA) is 102 Å². The van der Waals surface area contributed by atoms with E-state index in [1.807, 2.05) is 12.3 Å². The first-order valence-corrected chi connectivity index (χ1v) is 34.6. The van der Waals surface area contributed by atoms with Crippen molar-refractivity contribution in [3.8, 4) is 0 Å². The minimum atomic E-state index is -1.25. The van der Waals surface area contributed by atoms with Gasteiger partial charge in [-0.15, -0.1) is 0 Å². The van der Waals surface area contributed by atoms with Crippen molar-refractivity contribution in [3.63, 3.8) is 0 Å². The Bertz CT molecular complexity index is 3190. The molecule has 0 saturated heterocycles. The van der Waals surface area contributed by atoms with Crippen LogP contribution in [-0.4, -0.2) is 41.0 Å². The number of carbonyl (C=O) groups is 6. The molecule has 0 spiro atoms. The molecular weight excluding hydrogens is 1010 g/mol. The number of allylic oxidation sites excluding steroid dienone is 4. The quantitative estimate of drug-likeness (QED) is 0.219. The van der Waals surface area contributed by atoms with Gasteiger partial charge in [0.05, 0.1) is 9.81 Å². The molecule has 0 bridgehead atoms. The maximum Gasteiger partial charge on any atom is 0.195 e. The highest BCUT2D eigenvalue weighted by atomic mass is 33.3. The van der Waals surface area contributed by atoms with Gasteiger partial charge in [-0.25, -0.2) is 0 Å². The Morgan fingerprint density at radius 3 is 1.25 bits per heavy atom. The zero-order valence-corrected chi connectivity index (χ0v) is 40.9. The molecule has 57 heavy (non-hydrogen) atoms. The summed E-state index contributed by atoms with van der Waals surface area (Å²) in [6.07, 6.45) is 4.58. The molecule has 4 aromatic rings. The van der Waals surface area contributed by atoms with Gasteiger partial charge in [-0.3, -0.25) is 28.8 Å². The number of carbonyl (C=O) groups excluding carboxylic acids is 6. The summed E-state index contributed by atoms with van der Waals surface area (Å²) in [6, 6.07) is 20.5. The molecule has 6 nitrogen and oxygen atoms in total. The normalized spacial score (nSPS) is 15.6. The Morgan fingerprint density at radius 1 is 0.456 bits per heavy atom. The van der Waals surface area contributed by atoms with Crippen LogP contribution in [0.4, 0.5) is 0 Å². The van der Waals surface area contributed by atoms with Crippen LogP contribution in [0.5, 0.6) is 0 Å². The molecule has 0 amide bonds. The molecule has 0 aromatic heterocycles. The highest BCUT2D eigenvalue weighted by Crippen LogP contribution is 2.38. The van der Waals surface area contributed by atoms with Crippen LogP contribution in [0.1, 0.15) is 69.2 Å². The lowest BCUT2D eigenvalue weighted by molar-refractivity contribution is -0.114. The Hall–Kier alpha value is -1.93. The van der Waals surface area contributed by atoms with E-state index in [1.54, 1.807) is 73.7 Å². The van der Waals surface area contributed by atoms with Gasteiger partial charge in [-0.1, -0.05) is 83.0 Å². The van der Waals surface area contributed by atoms with Gasteiger partial charge in [-0.05, 0) is 150 Å². The maximum atomic E-state index is 14.5. The molecule has 3 aliphatic carbocycles. The molecule has 0 heterocycles. The predicted molar refractivity (Wildman–Crippen MR) is 262 cm³/mol. The van der Waals surface area contributed by atoms with Crippen molar-refractivity contribution >= 4 is 177 Å². The van der Waals surface area contributed by atoms with Gasteiger partial charge in [-0.2, -0.15) is 0 Å². The van der Waals surface area contributed by atoms with E-state index in [-0.39, 0.29) is 66.3 Å². The first-order valence-electron chi connectivity index (χ1n) is 15.8. The van der Waals surface area contributed by atoms with Crippen LogP contribution in [-0.2, 0) is 151 Å². The molecule has 4 aromatic carbocycles. The first kappa shape index (κ1) is 43.2. The van der Waals surface area contributed by atoms with E-state index in [1.165, 1.54) is 74.3 Å². The fraction of sp³-hybridized carbons (Fsp3) is 0.0556. The highest BCUT2D eigenvalue weighted by Gasteiger charge is 2.37. The van der Waals surface area contributed by atoms with Crippen LogP contribution >= 0.6 is 0 Å². The SMILES string of the molecule is Cc1cccc2c1C(=O)c1cccc(S(=S=S=S=S)C3=CC(=O)C(S(=S=S=S=S)c4cccc5c4C(=O)c4cccc(S(C)=S=S=S=S)c4C5=O)=CC3=O)c1C2=O. The van der Waals surface area contributed by atoms with Gasteiger partial charge in [0.1, 0.15) is 0 Å². The summed E-state index contributed by atoms with van der Waals surface area (Å²) >= 11 is 15.4. The first-order chi connectivity index (χ1) is 27.5. The van der Waals surface area contributed by atoms with Crippen LogP contribution in [0.25, 0.3) is 0 Å². The van der Waals surface area contributed by atoms with Crippen molar-refractivity contribution in [2.45, 2.75) is 21.6 Å². The van der Waals surface area contributed by atoms with Gasteiger partial charge in [0, 0.05) is 71.3 Å². The molecule has 0 N–H and O–H groups in total. The number of aryl methyl sites for hydroxylation is 1. The lowest BCUT2D eigenvalue weighted by atomic mass is 9.82. The van der Waals surface area contributed by atoms with Crippen molar-refractivity contribution in [3.05, 3.63) is 145 Å². The molecule has 0 aliphatic heterocycles. The third-order valence-corrected chi connectivity index (χ3v) is 34.9. The summed E-state index contributed by atoms with van der Waals surface area (Å²) in [6.45, 7) is 1.79. The molecule has 3 atom stereocenters. The lowest BCUT2D eigenvalue weighted by Crippen LogP contribution is -2.26. The summed E-state index contributed by atoms with van der Waals surface area (Å²) < 4.78 is 0. The summed E-state index contributed by atoms with van der Waals surface area (Å²) in [5.74, 6) is -2.17. The Kier molecular flexibility index (Phi) is 14.2. The fourth-order valence-electron chi connectivity index (χ4n) is 6.47. The number of hydrogen-bond acceptors (Lipinski definition) is 9. The van der Waals surface area contributed by atoms with E-state index in [0.717, 1.165) is 22.7 Å². The number of fused-ring (bicyclic) bond motifs is 4. The molecule has 7 rings (SSSR count). The van der Waals surface area contributed by atoms with Gasteiger partial charge in [0.2, 0.25) is 0 Å². The van der Waals surface area contributed by atoms with Gasteiger partial charge < -0.3 is 0 Å². The van der Waals surface area contributed by atoms with Crippen molar-refractivity contribution in [2.24, 2.45) is 0 Å². The Labute approximate surface area is 373 Å². The second kappa shape index (κ2) is 18.8. The van der Waals surface area contributed by atoms with E-state index in [2.05, 4.69) is 0 Å². The molecule has 21 heteroatoms. The van der Waals surface area contributed by atoms with Crippen LogP contribution < -0.4 is 0 Å². The highest BCUT2D eigenvalue weighted by molar-refractivity contribution is 8.65. The van der Waals surface area contributed by atoms with E-state index >= 15 is 0 Å². The average molecular weight is 1030 g/mol. The van der Waals surface area contributed by atoms with Crippen molar-refractivity contribution in [1.82, 2.24) is 0 Å². The molecule has 0 fully saturated rings. The van der Waals surface area contributed by atoms with Crippen LogP contribution in [0.3, 0.4) is 0 Å². The summed E-state index contributed by atoms with van der Waals surface area (Å²) in [7, 11) is 8.25. The number of ketones is 6. The van der Waals surface area contributed by atoms with Crippen molar-refractivity contribution in [2.75, 3.05) is 6.26 Å². The second-order valence-corrected chi connectivity index (χ2v) is 35.3. The summed E-state index contributed by atoms with van der Waals surface area (Å²) in [5, 5.41) is 0. The van der Waals surface area contributed by atoms with Crippen LogP contribution in [0, 0.1) is 6.92 Å². The monoisotopic (exact) mass is 1030 g/mol. The maximum absolute atomic E-state index is 14.5. The standard InChI is InChI=1S/C36H20O6S15/c1-17-7-3-8-18-29(17)33(39)20-10-5-13-25(31(20)34(18)40)56(53-50-47-44)27-15-23(38)28(16-22(27)37)57(54-51-48-45)26-14-6-11-21-32(26)36(42)19-9-4-12-24(30(19)35(21)41)55(2)52-49-46-43/h3-16H,1-2H3. The predicted octanol–water partition coefficient (Wildman–Crippen LogP) is 5.09. The largest absolute Gasteiger partial charge is 0.289 e. The number of benzene rings is 4. The fourth-order valence-corrected chi connectivity index (χ4v) is 32.6. The Morgan fingerprint density at radius 2 is 0.807 bits per heavy atom. The van der Waals surface area contributed by atoms with Gasteiger partial charge >= 0.3 is 0 Å². The van der Waals surface area contributed by atoms with E-state index in [9.17, 15) is 28.8 Å². The van der Waals surface area contributed by atoms with Crippen molar-refractivity contribution < 1.29 is 28.8 Å². The van der Waals surface area contributed by atoms with Crippen LogP contribution in [0.2, 0.25) is 0 Å². The molecular formula is C36H20O6S15. The third-order valence-electron chi connectivity index (χ3n) is 8.76. The molecule has 3 unspecified atom stereocenters. The third kappa shape index (κ3) is 8.16. The van der Waals surface area contributed by atoms with Crippen molar-refractivity contribution in [1.29, 1.82) is 0 Å². The van der Waals surface area contributed by atoms with E-state index < -0.39 is 39.9 Å². The average Bonchev–Trinajstić information content (AvgIpc) is 3.22. The Balaban J connectivity index is 1.37. The molecule has 0 saturated carbocycles. The van der Waals surface area contributed by atoms with Gasteiger partial charge in [0.25, 0.3) is 0 Å². The molecule has 3 aliphatic rings. The zero-order chi connectivity index (χ0) is 40.5. The minimum Gasteiger partial charge on any atom is -0.289 e. The number of hydrogen-bond donors (Lipinski definition) is 0. The molecule has 290 valence electrons. The van der Waals surface area contributed by atoms with Crippen LogP contribution in [0.15, 0.2) is 109 Å². The smallest absolute Gasteiger partial charge is 0.195 e. The summed E-state index contributed by atoms with van der Waals surface area (Å²) in [4.78, 5) is 87.4.